The number of rotatable bonds is 13. The number of hydrogen-bond acceptors (Lipinski definition) is 8. The summed E-state index contributed by atoms with van der Waals surface area (Å²) in [6.45, 7) is 2.54. The van der Waals surface area contributed by atoms with E-state index in [9.17, 15) is 39.0 Å². The van der Waals surface area contributed by atoms with Crippen molar-refractivity contribution in [3.8, 4) is 11.6 Å². The minimum atomic E-state index is -1.22. The average molecular weight is 668 g/mol. The van der Waals surface area contributed by atoms with Gasteiger partial charge in [-0.05, 0) is 57.1 Å². The Kier molecular flexibility index (Phi) is 10.8. The molecule has 3 atom stereocenters. The molecule has 258 valence electrons. The summed E-state index contributed by atoms with van der Waals surface area (Å²) in [5.41, 5.74) is 0.387. The van der Waals surface area contributed by atoms with E-state index in [1.165, 1.54) is 25.4 Å². The molecule has 4 N–H and O–H groups in total. The zero-order chi connectivity index (χ0) is 34.4. The first-order valence-electron chi connectivity index (χ1n) is 16.2. The molecule has 0 spiro atoms. The fraction of sp³-hybridized carbons (Fsp3) is 0.531. The summed E-state index contributed by atoms with van der Waals surface area (Å²) in [4.78, 5) is 80.0. The van der Waals surface area contributed by atoms with Gasteiger partial charge in [0.05, 0.1) is 5.69 Å². The highest BCUT2D eigenvalue weighted by Gasteiger charge is 2.36. The van der Waals surface area contributed by atoms with Gasteiger partial charge in [0.25, 0.3) is 11.8 Å². The van der Waals surface area contributed by atoms with Gasteiger partial charge in [-0.25, -0.2) is 9.48 Å². The van der Waals surface area contributed by atoms with Crippen LogP contribution in [0.1, 0.15) is 55.9 Å². The van der Waals surface area contributed by atoms with Gasteiger partial charge in [-0.2, -0.15) is 5.10 Å². The van der Waals surface area contributed by atoms with Crippen LogP contribution in [0.3, 0.4) is 0 Å². The maximum atomic E-state index is 13.5. The monoisotopic (exact) mass is 667 g/mol. The van der Waals surface area contributed by atoms with Crippen LogP contribution >= 0.6 is 0 Å². The Hall–Kier alpha value is -5.15. The second-order valence-corrected chi connectivity index (χ2v) is 12.4. The van der Waals surface area contributed by atoms with E-state index in [4.69, 9.17) is 4.74 Å². The van der Waals surface area contributed by atoms with Crippen molar-refractivity contribution < 1.29 is 43.7 Å². The fourth-order valence-electron chi connectivity index (χ4n) is 5.99. The fourth-order valence-corrected chi connectivity index (χ4v) is 5.99. The number of aromatic nitrogens is 2. The van der Waals surface area contributed by atoms with Gasteiger partial charge in [0.2, 0.25) is 17.7 Å². The summed E-state index contributed by atoms with van der Waals surface area (Å²) in [6, 6.07) is 7.78. The van der Waals surface area contributed by atoms with Crippen LogP contribution in [0.15, 0.2) is 36.4 Å². The van der Waals surface area contributed by atoms with E-state index < -0.39 is 55.0 Å². The van der Waals surface area contributed by atoms with Crippen molar-refractivity contribution in [2.75, 3.05) is 39.3 Å². The molecule has 2 saturated heterocycles. The van der Waals surface area contributed by atoms with Gasteiger partial charge < -0.3 is 40.3 Å². The molecule has 16 nitrogen and oxygen atoms in total. The lowest BCUT2D eigenvalue weighted by molar-refractivity contribution is -0.140. The topological polar surface area (TPSA) is 204 Å². The van der Waals surface area contributed by atoms with Crippen molar-refractivity contribution in [2.24, 2.45) is 5.92 Å². The first-order chi connectivity index (χ1) is 23.0. The molecule has 2 aliphatic heterocycles. The highest BCUT2D eigenvalue weighted by molar-refractivity contribution is 5.96. The molecule has 5 amide bonds. The second kappa shape index (κ2) is 15.2. The molecule has 0 bridgehead atoms. The highest BCUT2D eigenvalue weighted by Crippen LogP contribution is 2.28. The van der Waals surface area contributed by atoms with Crippen LogP contribution < -0.4 is 15.4 Å². The van der Waals surface area contributed by atoms with Crippen LogP contribution in [-0.4, -0.2) is 128 Å². The van der Waals surface area contributed by atoms with Gasteiger partial charge in [-0.3, -0.25) is 24.0 Å². The smallest absolute Gasteiger partial charge is 0.407 e. The van der Waals surface area contributed by atoms with Crippen molar-refractivity contribution in [3.63, 3.8) is 0 Å². The number of carbonyl (C=O) groups is 6. The Bertz CT molecular complexity index is 1530. The lowest BCUT2D eigenvalue weighted by Gasteiger charge is -2.40. The van der Waals surface area contributed by atoms with Crippen LogP contribution in [0.2, 0.25) is 0 Å². The lowest BCUT2D eigenvalue weighted by Crippen LogP contribution is -2.59. The number of ether oxygens (including phenoxy) is 1. The van der Waals surface area contributed by atoms with E-state index >= 15 is 0 Å². The third-order valence-corrected chi connectivity index (χ3v) is 8.82. The number of hydrogen-bond donors (Lipinski definition) is 4. The highest BCUT2D eigenvalue weighted by atomic mass is 16.5. The molecule has 1 aliphatic carbocycles. The van der Waals surface area contributed by atoms with Crippen molar-refractivity contribution in [2.45, 2.75) is 63.6 Å². The Labute approximate surface area is 277 Å². The normalized spacial score (nSPS) is 19.8. The Morgan fingerprint density at radius 2 is 1.75 bits per heavy atom. The summed E-state index contributed by atoms with van der Waals surface area (Å²) in [5, 5.41) is 28.6. The number of para-hydroxylation sites is 1. The van der Waals surface area contributed by atoms with Gasteiger partial charge in [0.15, 0.2) is 12.3 Å². The molecule has 3 fully saturated rings. The van der Waals surface area contributed by atoms with Crippen LogP contribution in [0, 0.1) is 5.92 Å². The number of amides is 5. The molecule has 1 aromatic heterocycles. The number of carbonyl (C=O) groups excluding carboxylic acids is 4. The quantitative estimate of drug-likeness (QED) is 0.238. The van der Waals surface area contributed by atoms with Crippen LogP contribution in [0.4, 0.5) is 4.79 Å². The molecule has 2 aromatic rings. The zero-order valence-corrected chi connectivity index (χ0v) is 26.7. The number of piperazine rings is 1. The van der Waals surface area contributed by atoms with E-state index in [-0.39, 0.29) is 49.4 Å². The first-order valence-corrected chi connectivity index (χ1v) is 16.2. The molecular weight excluding hydrogens is 626 g/mol. The van der Waals surface area contributed by atoms with Crippen molar-refractivity contribution in [3.05, 3.63) is 42.1 Å². The number of nitrogens with zero attached hydrogens (tertiary/aromatic N) is 5. The number of benzene rings is 1. The van der Waals surface area contributed by atoms with E-state index in [1.54, 1.807) is 37.3 Å². The van der Waals surface area contributed by atoms with Crippen LogP contribution in [-0.2, 0) is 19.2 Å². The summed E-state index contributed by atoms with van der Waals surface area (Å²) >= 11 is 0. The van der Waals surface area contributed by atoms with E-state index in [1.807, 2.05) is 0 Å². The number of carboxylic acid groups (broad SMARTS) is 2. The van der Waals surface area contributed by atoms with Crippen LogP contribution in [0.5, 0.6) is 5.88 Å². The van der Waals surface area contributed by atoms with Gasteiger partial charge in [0, 0.05) is 51.3 Å². The average Bonchev–Trinajstić information content (AvgIpc) is 3.58. The number of likely N-dealkylation sites (tertiary alicyclic amines) is 1. The molecule has 1 saturated carbocycles. The SMILES string of the molecule is C[C@@H]1CN(C(=O)O)CCN1C(=O)[C@H](CCC(=O)O)NC(=O)c1cc(OCC(=O)N2CCC[C@H]2C(=O)NCC2CC2)n(-c2ccccc2)n1. The van der Waals surface area contributed by atoms with Gasteiger partial charge in [-0.15, -0.1) is 0 Å². The molecular formula is C32H41N7O9. The third-order valence-electron chi connectivity index (χ3n) is 8.82. The minimum absolute atomic E-state index is 0.0699. The molecule has 0 radical (unpaired) electrons. The number of aliphatic carboxylic acids is 1. The van der Waals surface area contributed by atoms with E-state index in [0.29, 0.717) is 37.5 Å². The second-order valence-electron chi connectivity index (χ2n) is 12.4. The third kappa shape index (κ3) is 8.41. The zero-order valence-electron chi connectivity index (χ0n) is 26.7. The first kappa shape index (κ1) is 34.2. The molecule has 1 aromatic carbocycles. The summed E-state index contributed by atoms with van der Waals surface area (Å²) in [6.07, 6.45) is 1.74. The predicted molar refractivity (Wildman–Crippen MR) is 168 cm³/mol. The summed E-state index contributed by atoms with van der Waals surface area (Å²) in [5.74, 6) is -2.44. The molecule has 48 heavy (non-hydrogen) atoms. The van der Waals surface area contributed by atoms with E-state index in [0.717, 1.165) is 12.8 Å². The van der Waals surface area contributed by atoms with Crippen molar-refractivity contribution in [1.29, 1.82) is 0 Å². The largest absolute Gasteiger partial charge is 0.481 e. The summed E-state index contributed by atoms with van der Waals surface area (Å²) in [7, 11) is 0. The van der Waals surface area contributed by atoms with Gasteiger partial charge in [0.1, 0.15) is 12.1 Å². The van der Waals surface area contributed by atoms with Gasteiger partial charge >= 0.3 is 12.1 Å². The van der Waals surface area contributed by atoms with Crippen LogP contribution in [0.25, 0.3) is 5.69 Å². The maximum Gasteiger partial charge on any atom is 0.407 e. The van der Waals surface area contributed by atoms with E-state index in [2.05, 4.69) is 15.7 Å². The maximum absolute atomic E-state index is 13.5. The van der Waals surface area contributed by atoms with Crippen molar-refractivity contribution in [1.82, 2.24) is 35.1 Å². The van der Waals surface area contributed by atoms with Crippen molar-refractivity contribution >= 4 is 35.7 Å². The Morgan fingerprint density at radius 3 is 2.42 bits per heavy atom. The number of nitrogens with one attached hydrogen (secondary N) is 2. The molecule has 16 heteroatoms. The molecule has 3 aliphatic rings. The minimum Gasteiger partial charge on any atom is -0.481 e. The molecule has 3 heterocycles. The number of carboxylic acids is 1. The Morgan fingerprint density at radius 1 is 1.00 bits per heavy atom. The predicted octanol–water partition coefficient (Wildman–Crippen LogP) is 0.942. The molecule has 0 unspecified atom stereocenters. The van der Waals surface area contributed by atoms with Gasteiger partial charge in [-0.1, -0.05) is 18.2 Å². The Balaban J connectivity index is 1.30. The molecule has 5 rings (SSSR count). The lowest BCUT2D eigenvalue weighted by atomic mass is 10.1. The standard InChI is InChI=1S/C32H41N7O9/c1-20-18-36(32(46)47)14-15-37(20)31(45)23(11-12-28(41)42)34-29(43)24-16-27(39(35-24)22-6-3-2-4-7-22)48-19-26(40)38-13-5-8-25(38)30(44)33-17-21-9-10-21/h2-4,6-7,16,20-21,23,25H,5,8-15,17-19H2,1H3,(H,33,44)(H,34,43)(H,41,42)(H,46,47)/t20-,23+,25+/m1/s1. The summed E-state index contributed by atoms with van der Waals surface area (Å²) < 4.78 is 7.24.